The van der Waals surface area contributed by atoms with Gasteiger partial charge in [0.25, 0.3) is 5.69 Å². The van der Waals surface area contributed by atoms with Gasteiger partial charge in [-0.15, -0.1) is 0 Å². The molecule has 1 saturated heterocycles. The minimum Gasteiger partial charge on any atom is -0.354 e. The minimum atomic E-state index is -0.586. The monoisotopic (exact) mass is 335 g/mol. The molecule has 0 radical (unpaired) electrons. The molecule has 24 heavy (non-hydrogen) atoms. The summed E-state index contributed by atoms with van der Waals surface area (Å²) in [4.78, 5) is 34.2. The van der Waals surface area contributed by atoms with Gasteiger partial charge in [-0.3, -0.25) is 25.0 Å². The lowest BCUT2D eigenvalue weighted by atomic mass is 10.0. The van der Waals surface area contributed by atoms with E-state index in [0.29, 0.717) is 32.6 Å². The molecule has 0 unspecified atom stereocenters. The van der Waals surface area contributed by atoms with E-state index in [-0.39, 0.29) is 24.0 Å². The van der Waals surface area contributed by atoms with Crippen LogP contribution < -0.4 is 21.3 Å². The van der Waals surface area contributed by atoms with Gasteiger partial charge in [-0.25, -0.2) is 0 Å². The van der Waals surface area contributed by atoms with Crippen LogP contribution in [0.3, 0.4) is 0 Å². The number of non-ortho nitro benzene ring substituents is 1. The Morgan fingerprint density at radius 1 is 1.04 bits per heavy atom. The van der Waals surface area contributed by atoms with Crippen LogP contribution in [0.5, 0.6) is 0 Å². The van der Waals surface area contributed by atoms with E-state index >= 15 is 0 Å². The summed E-state index contributed by atoms with van der Waals surface area (Å²) in [6, 6.07) is 5.45. The summed E-state index contributed by atoms with van der Waals surface area (Å²) < 4.78 is 0. The second kappa shape index (κ2) is 8.94. The maximum absolute atomic E-state index is 12.3. The zero-order valence-corrected chi connectivity index (χ0v) is 13.2. The van der Waals surface area contributed by atoms with E-state index in [9.17, 15) is 19.7 Å². The molecule has 9 nitrogen and oxygen atoms in total. The van der Waals surface area contributed by atoms with E-state index in [1.807, 2.05) is 0 Å². The van der Waals surface area contributed by atoms with Gasteiger partial charge < -0.3 is 16.0 Å². The Morgan fingerprint density at radius 2 is 1.71 bits per heavy atom. The average Bonchev–Trinajstić information content (AvgIpc) is 2.56. The molecule has 0 bridgehead atoms. The number of amides is 2. The number of benzene rings is 1. The second-order valence-corrected chi connectivity index (χ2v) is 5.45. The van der Waals surface area contributed by atoms with Crippen molar-refractivity contribution in [3.05, 3.63) is 39.9 Å². The van der Waals surface area contributed by atoms with Crippen molar-refractivity contribution < 1.29 is 14.5 Å². The molecule has 1 aliphatic heterocycles. The van der Waals surface area contributed by atoms with Crippen LogP contribution in [-0.4, -0.2) is 55.5 Å². The number of nitrogens with zero attached hydrogens (tertiary/aromatic N) is 1. The zero-order chi connectivity index (χ0) is 17.4. The van der Waals surface area contributed by atoms with E-state index < -0.39 is 11.0 Å². The first-order chi connectivity index (χ1) is 11.6. The van der Waals surface area contributed by atoms with Gasteiger partial charge in [0, 0.05) is 38.3 Å². The molecule has 4 N–H and O–H groups in total. The highest BCUT2D eigenvalue weighted by Gasteiger charge is 2.20. The predicted octanol–water partition coefficient (Wildman–Crippen LogP) is -1.07. The molecule has 0 saturated carbocycles. The largest absolute Gasteiger partial charge is 0.354 e. The first kappa shape index (κ1) is 17.8. The van der Waals surface area contributed by atoms with E-state index in [1.54, 1.807) is 12.1 Å². The van der Waals surface area contributed by atoms with Crippen molar-refractivity contribution in [3.8, 4) is 0 Å². The van der Waals surface area contributed by atoms with Gasteiger partial charge in [0.2, 0.25) is 11.8 Å². The van der Waals surface area contributed by atoms with Gasteiger partial charge in [0.05, 0.1) is 17.5 Å². The Kier molecular flexibility index (Phi) is 6.64. The summed E-state index contributed by atoms with van der Waals surface area (Å²) in [7, 11) is 0. The number of nitro benzene ring substituents is 1. The van der Waals surface area contributed by atoms with Crippen molar-refractivity contribution in [1.29, 1.82) is 0 Å². The molecule has 1 heterocycles. The summed E-state index contributed by atoms with van der Waals surface area (Å²) in [6.07, 6.45) is 0.338. The molecule has 1 aromatic rings. The van der Waals surface area contributed by atoms with E-state index in [2.05, 4.69) is 21.3 Å². The van der Waals surface area contributed by atoms with Crippen molar-refractivity contribution in [1.82, 2.24) is 21.3 Å². The van der Waals surface area contributed by atoms with Crippen LogP contribution in [0.1, 0.15) is 5.56 Å². The molecule has 2 amide bonds. The molecular weight excluding hydrogens is 314 g/mol. The Morgan fingerprint density at radius 3 is 2.38 bits per heavy atom. The molecule has 130 valence electrons. The van der Waals surface area contributed by atoms with Gasteiger partial charge in [-0.1, -0.05) is 12.1 Å². The normalized spacial score (nSPS) is 20.2. The van der Waals surface area contributed by atoms with Crippen molar-refractivity contribution in [2.45, 2.75) is 12.5 Å². The Hall–Kier alpha value is -2.52. The zero-order valence-electron chi connectivity index (χ0n) is 13.2. The fraction of sp³-hybridized carbons (Fsp3) is 0.467. The highest BCUT2D eigenvalue weighted by Crippen LogP contribution is 2.13. The third kappa shape index (κ3) is 5.60. The second-order valence-electron chi connectivity index (χ2n) is 5.45. The third-order valence-corrected chi connectivity index (χ3v) is 3.64. The van der Waals surface area contributed by atoms with E-state index in [0.717, 1.165) is 5.56 Å². The number of nitrogens with one attached hydrogen (secondary N) is 4. The topological polar surface area (TPSA) is 125 Å². The number of carbonyl (C=O) groups excluding carboxylic acids is 2. The fourth-order valence-corrected chi connectivity index (χ4v) is 2.34. The van der Waals surface area contributed by atoms with Crippen molar-refractivity contribution in [2.75, 3.05) is 32.7 Å². The van der Waals surface area contributed by atoms with Crippen molar-refractivity contribution >= 4 is 17.5 Å². The van der Waals surface area contributed by atoms with E-state index in [1.165, 1.54) is 12.1 Å². The molecule has 1 fully saturated rings. The molecule has 0 spiro atoms. The third-order valence-electron chi connectivity index (χ3n) is 3.64. The molecule has 1 atom stereocenters. The van der Waals surface area contributed by atoms with Gasteiger partial charge >= 0.3 is 0 Å². The number of rotatable bonds is 3. The van der Waals surface area contributed by atoms with Crippen LogP contribution in [0.4, 0.5) is 5.69 Å². The molecule has 1 aliphatic rings. The first-order valence-electron chi connectivity index (χ1n) is 7.78. The van der Waals surface area contributed by atoms with Crippen LogP contribution in [0.15, 0.2) is 24.3 Å². The van der Waals surface area contributed by atoms with Crippen molar-refractivity contribution in [2.24, 2.45) is 0 Å². The summed E-state index contributed by atoms with van der Waals surface area (Å²) in [5, 5.41) is 22.3. The lowest BCUT2D eigenvalue weighted by molar-refractivity contribution is -0.384. The Balaban J connectivity index is 2.03. The van der Waals surface area contributed by atoms with Crippen LogP contribution >= 0.6 is 0 Å². The maximum Gasteiger partial charge on any atom is 0.269 e. The van der Waals surface area contributed by atoms with Crippen LogP contribution in [0, 0.1) is 10.1 Å². The van der Waals surface area contributed by atoms with Gasteiger partial charge in [0.15, 0.2) is 0 Å². The number of carbonyl (C=O) groups is 2. The summed E-state index contributed by atoms with van der Waals surface area (Å²) in [6.45, 7) is 2.32. The molecular formula is C15H21N5O4. The molecule has 2 rings (SSSR count). The molecule has 0 aliphatic carbocycles. The summed E-state index contributed by atoms with van der Waals surface area (Å²) >= 11 is 0. The smallest absolute Gasteiger partial charge is 0.269 e. The lowest BCUT2D eigenvalue weighted by Crippen LogP contribution is -2.51. The van der Waals surface area contributed by atoms with Crippen LogP contribution in [0.2, 0.25) is 0 Å². The van der Waals surface area contributed by atoms with Gasteiger partial charge in [-0.05, 0) is 12.0 Å². The SMILES string of the molecule is O=C1CN[C@@H](Cc2ccc([N+](=O)[O-])cc2)C(=O)NCCNCCN1. The predicted molar refractivity (Wildman–Crippen MR) is 87.5 cm³/mol. The molecule has 1 aromatic carbocycles. The van der Waals surface area contributed by atoms with Gasteiger partial charge in [-0.2, -0.15) is 0 Å². The number of nitro groups is 1. The number of hydrogen-bond acceptors (Lipinski definition) is 6. The highest BCUT2D eigenvalue weighted by molar-refractivity contribution is 5.84. The first-order valence-corrected chi connectivity index (χ1v) is 7.78. The maximum atomic E-state index is 12.3. The van der Waals surface area contributed by atoms with Crippen LogP contribution in [0.25, 0.3) is 0 Å². The molecule has 9 heteroatoms. The quantitative estimate of drug-likeness (QED) is 0.412. The fourth-order valence-electron chi connectivity index (χ4n) is 2.34. The number of hydrogen-bond donors (Lipinski definition) is 4. The Labute approximate surface area is 139 Å². The van der Waals surface area contributed by atoms with Gasteiger partial charge in [0.1, 0.15) is 0 Å². The highest BCUT2D eigenvalue weighted by atomic mass is 16.6. The average molecular weight is 335 g/mol. The van der Waals surface area contributed by atoms with E-state index in [4.69, 9.17) is 0 Å². The molecule has 0 aromatic heterocycles. The summed E-state index contributed by atoms with van der Waals surface area (Å²) in [5.74, 6) is -0.387. The standard InChI is InChI=1S/C15H21N5O4/c21-14-10-19-13(15(22)18-8-6-16-5-7-17-14)9-11-1-3-12(4-2-11)20(23)24/h1-4,13,16,19H,5-10H2,(H,17,21)(H,18,22)/t13-/m0/s1. The van der Waals surface area contributed by atoms with Crippen LogP contribution in [-0.2, 0) is 16.0 Å². The van der Waals surface area contributed by atoms with Crippen molar-refractivity contribution in [3.63, 3.8) is 0 Å². The minimum absolute atomic E-state index is 0.000282. The lowest BCUT2D eigenvalue weighted by Gasteiger charge is -2.19. The summed E-state index contributed by atoms with van der Waals surface area (Å²) in [5.41, 5.74) is 0.777. The Bertz CT molecular complexity index is 590.